The van der Waals surface area contributed by atoms with E-state index in [1.807, 2.05) is 4.90 Å². The largest absolute Gasteiger partial charge is 0.396 e. The lowest BCUT2D eigenvalue weighted by Gasteiger charge is -2.15. The van der Waals surface area contributed by atoms with Crippen LogP contribution in [0, 0.1) is 23.0 Å². The van der Waals surface area contributed by atoms with Gasteiger partial charge >= 0.3 is 0 Å². The number of aryl methyl sites for hydroxylation is 1. The second-order valence-corrected chi connectivity index (χ2v) is 5.38. The van der Waals surface area contributed by atoms with Gasteiger partial charge in [0.15, 0.2) is 0 Å². The molecule has 1 aliphatic heterocycles. The molecular weight excluding hydrogens is 274 g/mol. The van der Waals surface area contributed by atoms with Gasteiger partial charge in [-0.05, 0) is 31.4 Å². The Hall–Kier alpha value is -1.99. The number of likely N-dealkylation sites (tertiary alicyclic amines) is 1. The molecule has 0 radical (unpaired) electrons. The van der Waals surface area contributed by atoms with Gasteiger partial charge in [-0.3, -0.25) is 19.8 Å². The molecule has 1 unspecified atom stereocenters. The van der Waals surface area contributed by atoms with Crippen molar-refractivity contribution >= 4 is 17.3 Å². The van der Waals surface area contributed by atoms with Gasteiger partial charge in [-0.25, -0.2) is 0 Å². The molecular formula is C14H19N3O4. The van der Waals surface area contributed by atoms with Crippen LogP contribution in [0.15, 0.2) is 18.2 Å². The molecule has 2 rings (SSSR count). The van der Waals surface area contributed by atoms with Crippen LogP contribution in [-0.2, 0) is 4.79 Å². The average Bonchev–Trinajstić information content (AvgIpc) is 2.88. The maximum atomic E-state index is 12.0. The quantitative estimate of drug-likeness (QED) is 0.627. The molecule has 0 saturated carbocycles. The van der Waals surface area contributed by atoms with Gasteiger partial charge in [-0.15, -0.1) is 0 Å². The highest BCUT2D eigenvalue weighted by Gasteiger charge is 2.23. The normalized spacial score (nSPS) is 18.7. The van der Waals surface area contributed by atoms with Gasteiger partial charge in [0.2, 0.25) is 5.91 Å². The van der Waals surface area contributed by atoms with Crippen molar-refractivity contribution in [1.29, 1.82) is 0 Å². The number of anilines is 1. The van der Waals surface area contributed by atoms with Crippen LogP contribution in [-0.4, -0.2) is 47.1 Å². The van der Waals surface area contributed by atoms with Crippen molar-refractivity contribution in [3.05, 3.63) is 33.9 Å². The second-order valence-electron chi connectivity index (χ2n) is 5.38. The Bertz CT molecular complexity index is 547. The van der Waals surface area contributed by atoms with Crippen molar-refractivity contribution in [3.8, 4) is 0 Å². The number of nitro groups is 1. The lowest BCUT2D eigenvalue weighted by Crippen LogP contribution is -2.32. The molecule has 1 aromatic carbocycles. The van der Waals surface area contributed by atoms with Crippen molar-refractivity contribution in [2.24, 2.45) is 5.92 Å². The van der Waals surface area contributed by atoms with Gasteiger partial charge in [-0.2, -0.15) is 0 Å². The molecule has 1 aliphatic rings. The first kappa shape index (κ1) is 15.4. The summed E-state index contributed by atoms with van der Waals surface area (Å²) in [7, 11) is 0. The van der Waals surface area contributed by atoms with Gasteiger partial charge in [0, 0.05) is 25.3 Å². The number of nitrogens with zero attached hydrogens (tertiary/aromatic N) is 2. The van der Waals surface area contributed by atoms with E-state index in [1.165, 1.54) is 12.1 Å². The Morgan fingerprint density at radius 3 is 2.95 bits per heavy atom. The zero-order valence-electron chi connectivity index (χ0n) is 11.9. The van der Waals surface area contributed by atoms with E-state index < -0.39 is 4.92 Å². The Labute approximate surface area is 122 Å². The summed E-state index contributed by atoms with van der Waals surface area (Å²) in [4.78, 5) is 24.3. The van der Waals surface area contributed by atoms with E-state index in [1.54, 1.807) is 13.0 Å². The number of carbonyl (C=O) groups is 1. The highest BCUT2D eigenvalue weighted by atomic mass is 16.6. The monoisotopic (exact) mass is 293 g/mol. The molecule has 114 valence electrons. The Morgan fingerprint density at radius 2 is 2.33 bits per heavy atom. The number of hydrogen-bond donors (Lipinski definition) is 2. The number of nitrogens with one attached hydrogen (secondary N) is 1. The van der Waals surface area contributed by atoms with E-state index in [0.717, 1.165) is 18.5 Å². The summed E-state index contributed by atoms with van der Waals surface area (Å²) in [6.07, 6.45) is 0.889. The summed E-state index contributed by atoms with van der Waals surface area (Å²) in [6, 6.07) is 4.40. The summed E-state index contributed by atoms with van der Waals surface area (Å²) in [5.41, 5.74) is 1.20. The second kappa shape index (κ2) is 6.64. The maximum absolute atomic E-state index is 12.0. The van der Waals surface area contributed by atoms with Crippen molar-refractivity contribution in [3.63, 3.8) is 0 Å². The molecule has 7 nitrogen and oxygen atoms in total. The van der Waals surface area contributed by atoms with Crippen molar-refractivity contribution < 1.29 is 14.8 Å². The van der Waals surface area contributed by atoms with Crippen LogP contribution in [0.5, 0.6) is 0 Å². The van der Waals surface area contributed by atoms with Crippen molar-refractivity contribution in [2.75, 3.05) is 31.6 Å². The number of aliphatic hydroxyl groups excluding tert-OH is 1. The summed E-state index contributed by atoms with van der Waals surface area (Å²) < 4.78 is 0. The van der Waals surface area contributed by atoms with E-state index in [2.05, 4.69) is 5.32 Å². The number of nitro benzene ring substituents is 1. The van der Waals surface area contributed by atoms with Crippen LogP contribution < -0.4 is 5.32 Å². The first-order valence-electron chi connectivity index (χ1n) is 6.87. The molecule has 0 aromatic heterocycles. The molecule has 1 amide bonds. The van der Waals surface area contributed by atoms with Crippen LogP contribution in [0.25, 0.3) is 0 Å². The number of amides is 1. The minimum atomic E-state index is -0.485. The minimum Gasteiger partial charge on any atom is -0.396 e. The van der Waals surface area contributed by atoms with E-state index in [0.29, 0.717) is 12.2 Å². The zero-order valence-corrected chi connectivity index (χ0v) is 11.9. The molecule has 1 atom stereocenters. The van der Waals surface area contributed by atoms with Crippen LogP contribution in [0.2, 0.25) is 0 Å². The number of carbonyl (C=O) groups excluding carboxylic acids is 1. The minimum absolute atomic E-state index is 0.0441. The van der Waals surface area contributed by atoms with Crippen LogP contribution in [0.3, 0.4) is 0 Å². The zero-order chi connectivity index (χ0) is 15.4. The predicted octanol–water partition coefficient (Wildman–Crippen LogP) is 1.16. The van der Waals surface area contributed by atoms with E-state index >= 15 is 0 Å². The number of benzene rings is 1. The fourth-order valence-electron chi connectivity index (χ4n) is 2.46. The van der Waals surface area contributed by atoms with E-state index in [-0.39, 0.29) is 30.7 Å². The first-order chi connectivity index (χ1) is 9.99. The maximum Gasteiger partial charge on any atom is 0.271 e. The van der Waals surface area contributed by atoms with Crippen molar-refractivity contribution in [1.82, 2.24) is 4.90 Å². The molecule has 7 heteroatoms. The third-order valence-corrected chi connectivity index (χ3v) is 3.70. The van der Waals surface area contributed by atoms with E-state index in [4.69, 9.17) is 5.11 Å². The summed E-state index contributed by atoms with van der Waals surface area (Å²) in [6.45, 7) is 3.65. The fourth-order valence-corrected chi connectivity index (χ4v) is 2.46. The lowest BCUT2D eigenvalue weighted by molar-refractivity contribution is -0.384. The molecule has 21 heavy (non-hydrogen) atoms. The Balaban J connectivity index is 1.96. The van der Waals surface area contributed by atoms with Crippen LogP contribution in [0.1, 0.15) is 12.0 Å². The molecule has 0 aliphatic carbocycles. The summed E-state index contributed by atoms with van der Waals surface area (Å²) in [5.74, 6) is 0.0366. The number of rotatable bonds is 5. The highest BCUT2D eigenvalue weighted by Crippen LogP contribution is 2.22. The Kier molecular flexibility index (Phi) is 4.87. The smallest absolute Gasteiger partial charge is 0.271 e. The predicted molar refractivity (Wildman–Crippen MR) is 78.1 cm³/mol. The lowest BCUT2D eigenvalue weighted by atomic mass is 10.1. The molecule has 1 aromatic rings. The van der Waals surface area contributed by atoms with Gasteiger partial charge in [0.1, 0.15) is 0 Å². The van der Waals surface area contributed by atoms with Gasteiger partial charge < -0.3 is 10.4 Å². The third kappa shape index (κ3) is 3.99. The van der Waals surface area contributed by atoms with Gasteiger partial charge in [-0.1, -0.05) is 6.07 Å². The van der Waals surface area contributed by atoms with Crippen LogP contribution in [0.4, 0.5) is 11.4 Å². The van der Waals surface area contributed by atoms with E-state index in [9.17, 15) is 14.9 Å². The fraction of sp³-hybridized carbons (Fsp3) is 0.500. The Morgan fingerprint density at radius 1 is 1.57 bits per heavy atom. The standard InChI is InChI=1S/C14H19N3O4/c1-10-2-3-12(17(20)21)6-13(10)15-14(19)8-16-5-4-11(7-16)9-18/h2-3,6,11,18H,4-5,7-9H2,1H3,(H,15,19). The SMILES string of the molecule is Cc1ccc([N+](=O)[O-])cc1NC(=O)CN1CCC(CO)C1. The van der Waals surface area contributed by atoms with Gasteiger partial charge in [0.25, 0.3) is 5.69 Å². The summed E-state index contributed by atoms with van der Waals surface area (Å²) >= 11 is 0. The van der Waals surface area contributed by atoms with Crippen molar-refractivity contribution in [2.45, 2.75) is 13.3 Å². The topological polar surface area (TPSA) is 95.7 Å². The third-order valence-electron chi connectivity index (χ3n) is 3.70. The first-order valence-corrected chi connectivity index (χ1v) is 6.87. The average molecular weight is 293 g/mol. The highest BCUT2D eigenvalue weighted by molar-refractivity contribution is 5.93. The summed E-state index contributed by atoms with van der Waals surface area (Å²) in [5, 5.41) is 22.6. The number of aliphatic hydroxyl groups is 1. The number of non-ortho nitro benzene ring substituents is 1. The molecule has 2 N–H and O–H groups in total. The molecule has 1 heterocycles. The van der Waals surface area contributed by atoms with Gasteiger partial charge in [0.05, 0.1) is 17.2 Å². The molecule has 0 spiro atoms. The van der Waals surface area contributed by atoms with Crippen LogP contribution >= 0.6 is 0 Å². The molecule has 1 fully saturated rings. The molecule has 1 saturated heterocycles. The molecule has 0 bridgehead atoms. The number of hydrogen-bond acceptors (Lipinski definition) is 5.